The first-order valence-corrected chi connectivity index (χ1v) is 7.04. The molecule has 0 heterocycles. The fourth-order valence-corrected chi connectivity index (χ4v) is 1.97. The number of aliphatic hydroxyl groups excluding tert-OH is 1. The number of benzene rings is 1. The molecule has 1 aromatic rings. The quantitative estimate of drug-likeness (QED) is 0.872. The van der Waals surface area contributed by atoms with Crippen molar-refractivity contribution in [1.29, 1.82) is 0 Å². The highest BCUT2D eigenvalue weighted by atomic mass is 79.9. The summed E-state index contributed by atoms with van der Waals surface area (Å²) in [5.74, 6) is 0.555. The summed E-state index contributed by atoms with van der Waals surface area (Å²) in [5, 5.41) is 9.21. The molecule has 0 aliphatic heterocycles. The number of amides is 1. The lowest BCUT2D eigenvalue weighted by Gasteiger charge is -2.22. The van der Waals surface area contributed by atoms with E-state index in [-0.39, 0.29) is 5.91 Å². The van der Waals surface area contributed by atoms with Crippen LogP contribution < -0.4 is 4.74 Å². The highest BCUT2D eigenvalue weighted by Crippen LogP contribution is 2.19. The van der Waals surface area contributed by atoms with Gasteiger partial charge in [-0.3, -0.25) is 4.79 Å². The lowest BCUT2D eigenvalue weighted by atomic mass is 10.2. The number of hydrogen-bond acceptors (Lipinski definition) is 3. The zero-order valence-electron chi connectivity index (χ0n) is 11.5. The van der Waals surface area contributed by atoms with Gasteiger partial charge < -0.3 is 14.7 Å². The second kappa shape index (κ2) is 7.50. The summed E-state index contributed by atoms with van der Waals surface area (Å²) >= 11 is 3.36. The lowest BCUT2D eigenvalue weighted by molar-refractivity contribution is -0.136. The Labute approximate surface area is 122 Å². The van der Waals surface area contributed by atoms with Crippen molar-refractivity contribution in [1.82, 2.24) is 4.90 Å². The van der Waals surface area contributed by atoms with E-state index in [1.54, 1.807) is 25.8 Å². The highest BCUT2D eigenvalue weighted by molar-refractivity contribution is 9.10. The van der Waals surface area contributed by atoms with Crippen LogP contribution in [0.5, 0.6) is 5.75 Å². The van der Waals surface area contributed by atoms with Crippen LogP contribution in [0.1, 0.15) is 20.3 Å². The summed E-state index contributed by atoms with van der Waals surface area (Å²) in [4.78, 5) is 13.6. The second-order valence-electron chi connectivity index (χ2n) is 4.61. The molecule has 5 heteroatoms. The van der Waals surface area contributed by atoms with Gasteiger partial charge in [0, 0.05) is 18.1 Å². The van der Waals surface area contributed by atoms with Gasteiger partial charge in [0.05, 0.1) is 6.10 Å². The van der Waals surface area contributed by atoms with Crippen LogP contribution in [0, 0.1) is 0 Å². The Hall–Kier alpha value is -1.07. The van der Waals surface area contributed by atoms with E-state index in [0.29, 0.717) is 18.7 Å². The van der Waals surface area contributed by atoms with Gasteiger partial charge in [-0.2, -0.15) is 0 Å². The maximum atomic E-state index is 12.1. The molecule has 0 aromatic heterocycles. The van der Waals surface area contributed by atoms with Crippen molar-refractivity contribution in [3.05, 3.63) is 28.7 Å². The van der Waals surface area contributed by atoms with E-state index in [2.05, 4.69) is 15.9 Å². The molecule has 0 fully saturated rings. The molecular formula is C14H20BrNO3. The molecular weight excluding hydrogens is 310 g/mol. The smallest absolute Gasteiger partial charge is 0.263 e. The van der Waals surface area contributed by atoms with E-state index in [1.165, 1.54) is 0 Å². The van der Waals surface area contributed by atoms with Crippen LogP contribution in [0.4, 0.5) is 0 Å². The predicted octanol–water partition coefficient (Wildman–Crippen LogP) is 2.45. The van der Waals surface area contributed by atoms with E-state index in [0.717, 1.165) is 4.47 Å². The average molecular weight is 330 g/mol. The van der Waals surface area contributed by atoms with Crippen LogP contribution in [-0.4, -0.2) is 41.7 Å². The Morgan fingerprint density at radius 2 is 2.16 bits per heavy atom. The third kappa shape index (κ3) is 5.61. The van der Waals surface area contributed by atoms with Crippen LogP contribution in [-0.2, 0) is 4.79 Å². The zero-order valence-corrected chi connectivity index (χ0v) is 13.1. The van der Waals surface area contributed by atoms with E-state index in [9.17, 15) is 9.90 Å². The molecule has 0 radical (unpaired) electrons. The number of carbonyl (C=O) groups is 1. The van der Waals surface area contributed by atoms with Gasteiger partial charge in [0.1, 0.15) is 5.75 Å². The van der Waals surface area contributed by atoms with Crippen molar-refractivity contribution in [3.63, 3.8) is 0 Å². The third-order valence-corrected chi connectivity index (χ3v) is 3.21. The highest BCUT2D eigenvalue weighted by Gasteiger charge is 2.19. The zero-order chi connectivity index (χ0) is 14.4. The minimum Gasteiger partial charge on any atom is -0.481 e. The standard InChI is InChI=1S/C14H20BrNO3/c1-10(17)7-8-16(3)14(18)11(2)19-13-6-4-5-12(15)9-13/h4-6,9-11,17H,7-8H2,1-3H3. The SMILES string of the molecule is CC(O)CCN(C)C(=O)C(C)Oc1cccc(Br)c1. The Bertz CT molecular complexity index is 423. The molecule has 19 heavy (non-hydrogen) atoms. The number of likely N-dealkylation sites (N-methyl/N-ethyl adjacent to an activating group) is 1. The number of halogens is 1. The van der Waals surface area contributed by atoms with Gasteiger partial charge in [0.25, 0.3) is 5.91 Å². The van der Waals surface area contributed by atoms with Crippen molar-refractivity contribution >= 4 is 21.8 Å². The van der Waals surface area contributed by atoms with Gasteiger partial charge in [-0.25, -0.2) is 0 Å². The monoisotopic (exact) mass is 329 g/mol. The van der Waals surface area contributed by atoms with Crippen molar-refractivity contribution in [2.45, 2.75) is 32.5 Å². The van der Waals surface area contributed by atoms with Crippen molar-refractivity contribution in [2.24, 2.45) is 0 Å². The average Bonchev–Trinajstić information content (AvgIpc) is 2.34. The van der Waals surface area contributed by atoms with Gasteiger partial charge in [0.2, 0.25) is 0 Å². The van der Waals surface area contributed by atoms with E-state index in [1.807, 2.05) is 24.3 Å². The molecule has 0 aliphatic rings. The molecule has 1 N–H and O–H groups in total. The molecule has 2 unspecified atom stereocenters. The largest absolute Gasteiger partial charge is 0.481 e. The van der Waals surface area contributed by atoms with Crippen LogP contribution in [0.25, 0.3) is 0 Å². The number of nitrogens with zero attached hydrogens (tertiary/aromatic N) is 1. The summed E-state index contributed by atoms with van der Waals surface area (Å²) in [6, 6.07) is 7.38. The molecule has 0 saturated carbocycles. The summed E-state index contributed by atoms with van der Waals surface area (Å²) in [5.41, 5.74) is 0. The maximum absolute atomic E-state index is 12.1. The Balaban J connectivity index is 2.52. The summed E-state index contributed by atoms with van der Waals surface area (Å²) in [6.45, 7) is 3.95. The third-order valence-electron chi connectivity index (χ3n) is 2.72. The number of aliphatic hydroxyl groups is 1. The molecule has 1 rings (SSSR count). The van der Waals surface area contributed by atoms with Crippen LogP contribution in [0.3, 0.4) is 0 Å². The Morgan fingerprint density at radius 3 is 2.74 bits per heavy atom. The molecule has 4 nitrogen and oxygen atoms in total. The van der Waals surface area contributed by atoms with Gasteiger partial charge in [-0.1, -0.05) is 22.0 Å². The first-order valence-electron chi connectivity index (χ1n) is 6.25. The summed E-state index contributed by atoms with van der Waals surface area (Å²) in [6.07, 6.45) is -0.392. The van der Waals surface area contributed by atoms with Gasteiger partial charge in [-0.15, -0.1) is 0 Å². The normalized spacial score (nSPS) is 13.7. The summed E-state index contributed by atoms with van der Waals surface area (Å²) in [7, 11) is 1.71. The Morgan fingerprint density at radius 1 is 1.47 bits per heavy atom. The van der Waals surface area contributed by atoms with Gasteiger partial charge >= 0.3 is 0 Å². The second-order valence-corrected chi connectivity index (χ2v) is 5.53. The van der Waals surface area contributed by atoms with Crippen LogP contribution in [0.2, 0.25) is 0 Å². The minimum absolute atomic E-state index is 0.0966. The number of carbonyl (C=O) groups excluding carboxylic acids is 1. The van der Waals surface area contributed by atoms with Crippen molar-refractivity contribution < 1.29 is 14.6 Å². The fourth-order valence-electron chi connectivity index (χ4n) is 1.60. The molecule has 0 bridgehead atoms. The van der Waals surface area contributed by atoms with E-state index >= 15 is 0 Å². The molecule has 1 aromatic carbocycles. The summed E-state index contributed by atoms with van der Waals surface area (Å²) < 4.78 is 6.51. The molecule has 0 aliphatic carbocycles. The fraction of sp³-hybridized carbons (Fsp3) is 0.500. The predicted molar refractivity (Wildman–Crippen MR) is 78.2 cm³/mol. The molecule has 0 saturated heterocycles. The number of ether oxygens (including phenoxy) is 1. The maximum Gasteiger partial charge on any atom is 0.263 e. The van der Waals surface area contributed by atoms with Crippen LogP contribution in [0.15, 0.2) is 28.7 Å². The van der Waals surface area contributed by atoms with Gasteiger partial charge in [0.15, 0.2) is 6.10 Å². The lowest BCUT2D eigenvalue weighted by Crippen LogP contribution is -2.39. The Kier molecular flexibility index (Phi) is 6.31. The first kappa shape index (κ1) is 16.0. The van der Waals surface area contributed by atoms with Gasteiger partial charge in [-0.05, 0) is 38.5 Å². The number of rotatable bonds is 6. The van der Waals surface area contributed by atoms with Crippen molar-refractivity contribution in [2.75, 3.05) is 13.6 Å². The van der Waals surface area contributed by atoms with E-state index in [4.69, 9.17) is 4.74 Å². The molecule has 2 atom stereocenters. The van der Waals surface area contributed by atoms with E-state index < -0.39 is 12.2 Å². The van der Waals surface area contributed by atoms with Crippen molar-refractivity contribution in [3.8, 4) is 5.75 Å². The molecule has 0 spiro atoms. The first-order chi connectivity index (χ1) is 8.90. The molecule has 1 amide bonds. The van der Waals surface area contributed by atoms with Crippen LogP contribution >= 0.6 is 15.9 Å². The number of hydrogen-bond donors (Lipinski definition) is 1. The topological polar surface area (TPSA) is 49.8 Å². The minimum atomic E-state index is -0.548. The molecule has 106 valence electrons.